The summed E-state index contributed by atoms with van der Waals surface area (Å²) in [6.07, 6.45) is 0. The maximum absolute atomic E-state index is 4.84. The van der Waals surface area contributed by atoms with Gasteiger partial charge in [-0.1, -0.05) is 28.1 Å². The molecule has 1 N–H and O–H groups in total. The average molecular weight is 338 g/mol. The third-order valence-corrected chi connectivity index (χ3v) is 4.80. The fraction of sp³-hybridized carbons (Fsp3) is 0.357. The Labute approximate surface area is 125 Å². The van der Waals surface area contributed by atoms with Gasteiger partial charge in [0.25, 0.3) is 0 Å². The molecule has 1 saturated heterocycles. The van der Waals surface area contributed by atoms with Crippen molar-refractivity contribution in [2.24, 2.45) is 0 Å². The van der Waals surface area contributed by atoms with Crippen LogP contribution in [0.3, 0.4) is 0 Å². The van der Waals surface area contributed by atoms with E-state index in [2.05, 4.69) is 51.3 Å². The first-order chi connectivity index (χ1) is 9.24. The highest BCUT2D eigenvalue weighted by Gasteiger charge is 2.17. The molecule has 1 aliphatic heterocycles. The van der Waals surface area contributed by atoms with Crippen LogP contribution in [0.1, 0.15) is 4.88 Å². The summed E-state index contributed by atoms with van der Waals surface area (Å²) in [5.74, 6) is 0. The van der Waals surface area contributed by atoms with E-state index in [0.717, 1.165) is 41.5 Å². The van der Waals surface area contributed by atoms with E-state index in [1.807, 2.05) is 6.07 Å². The zero-order valence-corrected chi connectivity index (χ0v) is 13.2. The molecule has 0 radical (unpaired) electrons. The SMILES string of the molecule is Cc1sc(N2CCNCC2)nc1-c1cccc(Br)c1. The molecule has 2 heterocycles. The molecule has 0 spiro atoms. The van der Waals surface area contributed by atoms with Gasteiger partial charge in [0.05, 0.1) is 5.69 Å². The van der Waals surface area contributed by atoms with Crippen molar-refractivity contribution in [3.63, 3.8) is 0 Å². The zero-order chi connectivity index (χ0) is 13.2. The van der Waals surface area contributed by atoms with Crippen molar-refractivity contribution in [2.45, 2.75) is 6.92 Å². The third-order valence-electron chi connectivity index (χ3n) is 3.27. The molecule has 3 nitrogen and oxygen atoms in total. The Balaban J connectivity index is 1.92. The molecule has 100 valence electrons. The maximum atomic E-state index is 4.84. The fourth-order valence-electron chi connectivity index (χ4n) is 2.28. The number of nitrogens with one attached hydrogen (secondary N) is 1. The molecule has 1 aromatic carbocycles. The molecule has 5 heteroatoms. The molecule has 0 bridgehead atoms. The quantitative estimate of drug-likeness (QED) is 0.911. The maximum Gasteiger partial charge on any atom is 0.186 e. The van der Waals surface area contributed by atoms with Crippen molar-refractivity contribution in [1.82, 2.24) is 10.3 Å². The van der Waals surface area contributed by atoms with Gasteiger partial charge in [-0.05, 0) is 19.1 Å². The zero-order valence-electron chi connectivity index (χ0n) is 10.8. The van der Waals surface area contributed by atoms with Crippen LogP contribution in [0.25, 0.3) is 11.3 Å². The molecular weight excluding hydrogens is 322 g/mol. The number of hydrogen-bond donors (Lipinski definition) is 1. The van der Waals surface area contributed by atoms with Crippen molar-refractivity contribution in [2.75, 3.05) is 31.1 Å². The van der Waals surface area contributed by atoms with Gasteiger partial charge in [0, 0.05) is 41.1 Å². The fourth-order valence-corrected chi connectivity index (χ4v) is 3.66. The van der Waals surface area contributed by atoms with Crippen LogP contribution in [-0.2, 0) is 0 Å². The highest BCUT2D eigenvalue weighted by Crippen LogP contribution is 2.33. The van der Waals surface area contributed by atoms with Gasteiger partial charge in [-0.2, -0.15) is 0 Å². The molecule has 0 atom stereocenters. The van der Waals surface area contributed by atoms with E-state index < -0.39 is 0 Å². The van der Waals surface area contributed by atoms with E-state index in [0.29, 0.717) is 0 Å². The predicted molar refractivity (Wildman–Crippen MR) is 85.1 cm³/mol. The van der Waals surface area contributed by atoms with Crippen LogP contribution in [-0.4, -0.2) is 31.2 Å². The van der Waals surface area contributed by atoms with Crippen molar-refractivity contribution < 1.29 is 0 Å². The van der Waals surface area contributed by atoms with Crippen molar-refractivity contribution in [1.29, 1.82) is 0 Å². The summed E-state index contributed by atoms with van der Waals surface area (Å²) in [5.41, 5.74) is 2.30. The average Bonchev–Trinajstić information content (AvgIpc) is 2.82. The Kier molecular flexibility index (Phi) is 3.86. The Morgan fingerprint density at radius 2 is 2.11 bits per heavy atom. The first-order valence-electron chi connectivity index (χ1n) is 6.43. The Morgan fingerprint density at radius 3 is 2.84 bits per heavy atom. The Bertz CT molecular complexity index is 576. The molecule has 1 aromatic heterocycles. The van der Waals surface area contributed by atoms with Crippen LogP contribution >= 0.6 is 27.3 Å². The lowest BCUT2D eigenvalue weighted by Gasteiger charge is -2.26. The number of thiazole rings is 1. The highest BCUT2D eigenvalue weighted by molar-refractivity contribution is 9.10. The van der Waals surface area contributed by atoms with E-state index in [9.17, 15) is 0 Å². The van der Waals surface area contributed by atoms with Gasteiger partial charge < -0.3 is 10.2 Å². The number of aryl methyl sites for hydroxylation is 1. The molecule has 2 aromatic rings. The molecule has 0 aliphatic carbocycles. The van der Waals surface area contributed by atoms with E-state index >= 15 is 0 Å². The second-order valence-electron chi connectivity index (χ2n) is 4.65. The number of nitrogens with zero attached hydrogens (tertiary/aromatic N) is 2. The minimum absolute atomic E-state index is 1.05. The largest absolute Gasteiger partial charge is 0.346 e. The monoisotopic (exact) mass is 337 g/mol. The lowest BCUT2D eigenvalue weighted by molar-refractivity contribution is 0.588. The van der Waals surface area contributed by atoms with Crippen LogP contribution in [0.15, 0.2) is 28.7 Å². The van der Waals surface area contributed by atoms with E-state index in [4.69, 9.17) is 4.98 Å². The summed E-state index contributed by atoms with van der Waals surface area (Å²) >= 11 is 5.32. The van der Waals surface area contributed by atoms with Crippen LogP contribution in [0.5, 0.6) is 0 Å². The van der Waals surface area contributed by atoms with Gasteiger partial charge in [0.15, 0.2) is 5.13 Å². The van der Waals surface area contributed by atoms with Gasteiger partial charge >= 0.3 is 0 Å². The highest BCUT2D eigenvalue weighted by atomic mass is 79.9. The van der Waals surface area contributed by atoms with Crippen LogP contribution in [0, 0.1) is 6.92 Å². The molecule has 0 amide bonds. The third kappa shape index (κ3) is 2.83. The number of hydrogen-bond acceptors (Lipinski definition) is 4. The van der Waals surface area contributed by atoms with Gasteiger partial charge in [0.2, 0.25) is 0 Å². The lowest BCUT2D eigenvalue weighted by Crippen LogP contribution is -2.43. The number of benzene rings is 1. The minimum Gasteiger partial charge on any atom is -0.346 e. The number of aromatic nitrogens is 1. The smallest absolute Gasteiger partial charge is 0.186 e. The van der Waals surface area contributed by atoms with Crippen LogP contribution in [0.4, 0.5) is 5.13 Å². The molecule has 1 fully saturated rings. The van der Waals surface area contributed by atoms with Gasteiger partial charge in [0.1, 0.15) is 0 Å². The van der Waals surface area contributed by atoms with E-state index in [1.165, 1.54) is 10.4 Å². The van der Waals surface area contributed by atoms with Gasteiger partial charge in [-0.25, -0.2) is 4.98 Å². The topological polar surface area (TPSA) is 28.2 Å². The summed E-state index contributed by atoms with van der Waals surface area (Å²) in [6.45, 7) is 6.34. The molecule has 19 heavy (non-hydrogen) atoms. The molecule has 1 aliphatic rings. The number of halogens is 1. The number of anilines is 1. The minimum atomic E-state index is 1.05. The van der Waals surface area contributed by atoms with Crippen molar-refractivity contribution >= 4 is 32.4 Å². The van der Waals surface area contributed by atoms with E-state index in [-0.39, 0.29) is 0 Å². The second kappa shape index (κ2) is 5.61. The normalized spacial score (nSPS) is 15.8. The molecular formula is C14H16BrN3S. The number of piperazine rings is 1. The second-order valence-corrected chi connectivity index (χ2v) is 6.75. The summed E-state index contributed by atoms with van der Waals surface area (Å²) in [7, 11) is 0. The summed E-state index contributed by atoms with van der Waals surface area (Å²) < 4.78 is 1.10. The summed E-state index contributed by atoms with van der Waals surface area (Å²) in [4.78, 5) is 8.50. The van der Waals surface area contributed by atoms with Gasteiger partial charge in [-0.3, -0.25) is 0 Å². The molecule has 0 unspecified atom stereocenters. The number of rotatable bonds is 2. The van der Waals surface area contributed by atoms with Crippen LogP contribution in [0.2, 0.25) is 0 Å². The lowest BCUT2D eigenvalue weighted by atomic mass is 10.1. The van der Waals surface area contributed by atoms with Crippen LogP contribution < -0.4 is 10.2 Å². The Hall–Kier alpha value is -0.910. The van der Waals surface area contributed by atoms with E-state index in [1.54, 1.807) is 11.3 Å². The standard InChI is InChI=1S/C14H16BrN3S/c1-10-13(11-3-2-4-12(15)9-11)17-14(19-10)18-7-5-16-6-8-18/h2-4,9,16H,5-8H2,1H3. The summed E-state index contributed by atoms with van der Waals surface area (Å²) in [5, 5.41) is 4.52. The van der Waals surface area contributed by atoms with Crippen molar-refractivity contribution in [3.05, 3.63) is 33.6 Å². The van der Waals surface area contributed by atoms with Crippen molar-refractivity contribution in [3.8, 4) is 11.3 Å². The Morgan fingerprint density at radius 1 is 1.32 bits per heavy atom. The first-order valence-corrected chi connectivity index (χ1v) is 8.04. The molecule has 3 rings (SSSR count). The summed E-state index contributed by atoms with van der Waals surface area (Å²) in [6, 6.07) is 8.35. The predicted octanol–water partition coefficient (Wildman–Crippen LogP) is 3.29. The van der Waals surface area contributed by atoms with Gasteiger partial charge in [-0.15, -0.1) is 11.3 Å². The molecule has 0 saturated carbocycles. The first kappa shape index (κ1) is 13.1.